The summed E-state index contributed by atoms with van der Waals surface area (Å²) in [6.07, 6.45) is 0.406. The topological polar surface area (TPSA) is 58.6 Å². The number of benzene rings is 3. The van der Waals surface area contributed by atoms with Gasteiger partial charge in [0, 0.05) is 34.8 Å². The quantitative estimate of drug-likeness (QED) is 0.279. The van der Waals surface area contributed by atoms with Crippen LogP contribution in [0.5, 0.6) is 5.75 Å². The zero-order valence-corrected chi connectivity index (χ0v) is 23.6. The molecule has 0 fully saturated rings. The highest BCUT2D eigenvalue weighted by atomic mass is 35.5. The molecule has 3 rings (SSSR count). The van der Waals surface area contributed by atoms with Gasteiger partial charge in [0.2, 0.25) is 11.8 Å². The number of hydrogen-bond donors (Lipinski definition) is 1. The van der Waals surface area contributed by atoms with E-state index in [2.05, 4.69) is 5.32 Å². The molecule has 1 N–H and O–H groups in total. The Kier molecular flexibility index (Phi) is 11.2. The van der Waals surface area contributed by atoms with Gasteiger partial charge in [0.15, 0.2) is 0 Å². The van der Waals surface area contributed by atoms with Gasteiger partial charge in [-0.3, -0.25) is 9.59 Å². The zero-order chi connectivity index (χ0) is 26.8. The van der Waals surface area contributed by atoms with E-state index in [1.54, 1.807) is 24.1 Å². The summed E-state index contributed by atoms with van der Waals surface area (Å²) in [5.74, 6) is 1.14. The number of rotatable bonds is 12. The Morgan fingerprint density at radius 2 is 1.70 bits per heavy atom. The van der Waals surface area contributed by atoms with Crippen LogP contribution in [0.3, 0.4) is 0 Å². The molecule has 0 bridgehead atoms. The van der Waals surface area contributed by atoms with Crippen LogP contribution in [0.25, 0.3) is 0 Å². The SMILES string of the molecule is COc1cccc(CN(C(=O)CSCc2ccc(Cl)cc2Cl)C(Cc2ccccc2)C(=O)NC(C)C)c1. The Morgan fingerprint density at radius 3 is 2.38 bits per heavy atom. The van der Waals surface area contributed by atoms with Gasteiger partial charge in [0.25, 0.3) is 0 Å². The predicted molar refractivity (Wildman–Crippen MR) is 153 cm³/mol. The van der Waals surface area contributed by atoms with Crippen molar-refractivity contribution in [1.29, 1.82) is 0 Å². The number of nitrogens with one attached hydrogen (secondary N) is 1. The summed E-state index contributed by atoms with van der Waals surface area (Å²) in [5.41, 5.74) is 2.77. The molecule has 0 radical (unpaired) electrons. The lowest BCUT2D eigenvalue weighted by molar-refractivity contribution is -0.139. The molecule has 0 aliphatic carbocycles. The lowest BCUT2D eigenvalue weighted by Crippen LogP contribution is -2.52. The number of hydrogen-bond acceptors (Lipinski definition) is 4. The van der Waals surface area contributed by atoms with Gasteiger partial charge in [-0.25, -0.2) is 0 Å². The molecule has 0 spiro atoms. The molecule has 3 aromatic carbocycles. The number of carbonyl (C=O) groups excluding carboxylic acids is 2. The van der Waals surface area contributed by atoms with Gasteiger partial charge >= 0.3 is 0 Å². The molecule has 0 heterocycles. The standard InChI is InChI=1S/C29H32Cl2N2O3S/c1-20(2)32-29(35)27(15-21-8-5-4-6-9-21)33(17-22-10-7-11-25(14-22)36-3)28(34)19-37-18-23-12-13-24(30)16-26(23)31/h4-14,16,20,27H,15,17-19H2,1-3H3,(H,32,35). The van der Waals surface area contributed by atoms with Crippen LogP contribution in [0.4, 0.5) is 0 Å². The van der Waals surface area contributed by atoms with E-state index in [9.17, 15) is 9.59 Å². The van der Waals surface area contributed by atoms with Crippen LogP contribution >= 0.6 is 35.0 Å². The summed E-state index contributed by atoms with van der Waals surface area (Å²) < 4.78 is 5.38. The van der Waals surface area contributed by atoms with Crippen molar-refractivity contribution in [2.24, 2.45) is 0 Å². The van der Waals surface area contributed by atoms with Crippen LogP contribution in [-0.2, 0) is 28.3 Å². The maximum atomic E-state index is 13.7. The van der Waals surface area contributed by atoms with E-state index in [4.69, 9.17) is 27.9 Å². The van der Waals surface area contributed by atoms with Gasteiger partial charge in [-0.1, -0.05) is 71.7 Å². The van der Waals surface area contributed by atoms with Gasteiger partial charge < -0.3 is 15.0 Å². The second kappa shape index (κ2) is 14.3. The second-order valence-corrected chi connectivity index (χ2v) is 10.8. The van der Waals surface area contributed by atoms with Crippen molar-refractivity contribution >= 4 is 46.8 Å². The maximum absolute atomic E-state index is 13.7. The largest absolute Gasteiger partial charge is 0.497 e. The van der Waals surface area contributed by atoms with Gasteiger partial charge in [0.1, 0.15) is 11.8 Å². The van der Waals surface area contributed by atoms with Gasteiger partial charge in [-0.2, -0.15) is 0 Å². The van der Waals surface area contributed by atoms with Gasteiger partial charge in [-0.15, -0.1) is 11.8 Å². The second-order valence-electron chi connectivity index (χ2n) is 8.97. The molecule has 8 heteroatoms. The van der Waals surface area contributed by atoms with E-state index in [1.165, 1.54) is 11.8 Å². The smallest absolute Gasteiger partial charge is 0.243 e. The first-order valence-electron chi connectivity index (χ1n) is 12.0. The number of thioether (sulfide) groups is 1. The highest BCUT2D eigenvalue weighted by molar-refractivity contribution is 7.99. The van der Waals surface area contributed by atoms with Crippen LogP contribution in [0.1, 0.15) is 30.5 Å². The van der Waals surface area contributed by atoms with Crippen LogP contribution in [0, 0.1) is 0 Å². The van der Waals surface area contributed by atoms with E-state index in [0.29, 0.717) is 28.0 Å². The fourth-order valence-electron chi connectivity index (χ4n) is 3.87. The number of nitrogens with zero attached hydrogens (tertiary/aromatic N) is 1. The third-order valence-electron chi connectivity index (χ3n) is 5.69. The fraction of sp³-hybridized carbons (Fsp3) is 0.310. The normalized spacial score (nSPS) is 11.7. The Balaban J connectivity index is 1.87. The number of carbonyl (C=O) groups is 2. The summed E-state index contributed by atoms with van der Waals surface area (Å²) >= 11 is 13.8. The summed E-state index contributed by atoms with van der Waals surface area (Å²) in [5, 5.41) is 4.14. The van der Waals surface area contributed by atoms with Crippen molar-refractivity contribution in [1.82, 2.24) is 10.2 Å². The molecule has 0 saturated carbocycles. The average Bonchev–Trinajstić information content (AvgIpc) is 2.87. The Hall–Kier alpha value is -2.67. The van der Waals surface area contributed by atoms with Crippen molar-refractivity contribution in [3.8, 4) is 5.75 Å². The van der Waals surface area contributed by atoms with Crippen molar-refractivity contribution in [2.45, 2.75) is 44.6 Å². The zero-order valence-electron chi connectivity index (χ0n) is 21.2. The summed E-state index contributed by atoms with van der Waals surface area (Å²) in [6, 6.07) is 21.9. The first-order chi connectivity index (χ1) is 17.8. The molecule has 1 atom stereocenters. The average molecular weight is 560 g/mol. The third-order valence-corrected chi connectivity index (χ3v) is 7.24. The van der Waals surface area contributed by atoms with Crippen LogP contribution < -0.4 is 10.1 Å². The number of halogens is 2. The molecule has 0 aliphatic heterocycles. The minimum Gasteiger partial charge on any atom is -0.497 e. The molecule has 5 nitrogen and oxygen atoms in total. The van der Waals surface area contributed by atoms with Crippen LogP contribution in [-0.4, -0.2) is 41.7 Å². The lowest BCUT2D eigenvalue weighted by atomic mass is 10.0. The molecule has 196 valence electrons. The Bertz CT molecular complexity index is 1190. The van der Waals surface area contributed by atoms with Crippen molar-refractivity contribution in [3.63, 3.8) is 0 Å². The van der Waals surface area contributed by atoms with E-state index < -0.39 is 6.04 Å². The number of methoxy groups -OCH3 is 1. The molecule has 0 saturated heterocycles. The fourth-order valence-corrected chi connectivity index (χ4v) is 5.34. The molecule has 3 aromatic rings. The molecule has 37 heavy (non-hydrogen) atoms. The molecule has 2 amide bonds. The first kappa shape index (κ1) is 28.9. The van der Waals surface area contributed by atoms with Crippen LogP contribution in [0.15, 0.2) is 72.8 Å². The van der Waals surface area contributed by atoms with Crippen LogP contribution in [0.2, 0.25) is 10.0 Å². The highest BCUT2D eigenvalue weighted by Gasteiger charge is 2.30. The maximum Gasteiger partial charge on any atom is 0.243 e. The Morgan fingerprint density at radius 1 is 0.973 bits per heavy atom. The van der Waals surface area contributed by atoms with Crippen molar-refractivity contribution in [2.75, 3.05) is 12.9 Å². The molecule has 1 unspecified atom stereocenters. The predicted octanol–water partition coefficient (Wildman–Crippen LogP) is 6.40. The summed E-state index contributed by atoms with van der Waals surface area (Å²) in [4.78, 5) is 28.8. The minimum atomic E-state index is -0.678. The minimum absolute atomic E-state index is 0.0547. The molecule has 0 aliphatic rings. The Labute approximate surface area is 233 Å². The third kappa shape index (κ3) is 8.99. The van der Waals surface area contributed by atoms with Crippen molar-refractivity contribution < 1.29 is 14.3 Å². The number of ether oxygens (including phenoxy) is 1. The van der Waals surface area contributed by atoms with E-state index in [1.807, 2.05) is 74.5 Å². The highest BCUT2D eigenvalue weighted by Crippen LogP contribution is 2.26. The van der Waals surface area contributed by atoms with Gasteiger partial charge in [-0.05, 0) is 54.8 Å². The van der Waals surface area contributed by atoms with Crippen molar-refractivity contribution in [3.05, 3.63) is 99.5 Å². The summed E-state index contributed by atoms with van der Waals surface area (Å²) in [6.45, 7) is 4.11. The lowest BCUT2D eigenvalue weighted by Gasteiger charge is -2.32. The first-order valence-corrected chi connectivity index (χ1v) is 14.0. The van der Waals surface area contributed by atoms with Gasteiger partial charge in [0.05, 0.1) is 12.9 Å². The monoisotopic (exact) mass is 558 g/mol. The van der Waals surface area contributed by atoms with E-state index >= 15 is 0 Å². The number of amides is 2. The molecular weight excluding hydrogens is 527 g/mol. The summed E-state index contributed by atoms with van der Waals surface area (Å²) in [7, 11) is 1.61. The molecule has 0 aromatic heterocycles. The molecular formula is C29H32Cl2N2O3S. The van der Waals surface area contributed by atoms with E-state index in [-0.39, 0.29) is 30.2 Å². The van der Waals surface area contributed by atoms with E-state index in [0.717, 1.165) is 16.7 Å².